The Balaban J connectivity index is 2.03. The van der Waals surface area contributed by atoms with Crippen LogP contribution in [-0.2, 0) is 4.79 Å². The van der Waals surface area contributed by atoms with Crippen LogP contribution in [0, 0.1) is 0 Å². The van der Waals surface area contributed by atoms with Crippen LogP contribution in [-0.4, -0.2) is 31.4 Å². The number of aldehydes is 1. The maximum Gasteiger partial charge on any atom is 0.258 e. The third-order valence-corrected chi connectivity index (χ3v) is 2.73. The summed E-state index contributed by atoms with van der Waals surface area (Å²) in [6.07, 6.45) is 2.75. The van der Waals surface area contributed by atoms with Crippen molar-refractivity contribution in [3.05, 3.63) is 23.8 Å². The first-order valence-electron chi connectivity index (χ1n) is 6.37. The molecule has 0 spiro atoms. The van der Waals surface area contributed by atoms with Gasteiger partial charge in [0.15, 0.2) is 24.4 Å². The number of hydrogen-bond acceptors (Lipinski definition) is 4. The van der Waals surface area contributed by atoms with Crippen molar-refractivity contribution in [3.8, 4) is 11.5 Å². The normalized spacial score (nSPS) is 13.7. The molecule has 1 aliphatic rings. The second kappa shape index (κ2) is 6.22. The van der Waals surface area contributed by atoms with Gasteiger partial charge in [0.05, 0.1) is 12.2 Å². The zero-order chi connectivity index (χ0) is 13.7. The Morgan fingerprint density at radius 2 is 2.21 bits per heavy atom. The Hall–Kier alpha value is -2.04. The van der Waals surface area contributed by atoms with E-state index < -0.39 is 0 Å². The molecule has 102 valence electrons. The number of ether oxygens (including phenoxy) is 2. The van der Waals surface area contributed by atoms with Crippen molar-refractivity contribution in [2.75, 3.05) is 13.2 Å². The number of amides is 1. The third-order valence-electron chi connectivity index (χ3n) is 2.73. The number of carbonyl (C=O) groups excluding carboxylic acids is 2. The van der Waals surface area contributed by atoms with Crippen LogP contribution in [0.1, 0.15) is 30.1 Å². The predicted octanol–water partition coefficient (Wildman–Crippen LogP) is 1.56. The predicted molar refractivity (Wildman–Crippen MR) is 69.7 cm³/mol. The highest BCUT2D eigenvalue weighted by atomic mass is 16.5. The van der Waals surface area contributed by atoms with Gasteiger partial charge in [-0.25, -0.2) is 0 Å². The van der Waals surface area contributed by atoms with E-state index in [-0.39, 0.29) is 12.5 Å². The molecule has 1 fully saturated rings. The highest BCUT2D eigenvalue weighted by Gasteiger charge is 2.23. The topological polar surface area (TPSA) is 64.6 Å². The van der Waals surface area contributed by atoms with Crippen molar-refractivity contribution in [1.82, 2.24) is 5.32 Å². The summed E-state index contributed by atoms with van der Waals surface area (Å²) < 4.78 is 10.8. The average Bonchev–Trinajstić information content (AvgIpc) is 3.21. The zero-order valence-corrected chi connectivity index (χ0v) is 10.8. The van der Waals surface area contributed by atoms with E-state index in [9.17, 15) is 9.59 Å². The monoisotopic (exact) mass is 263 g/mol. The molecule has 19 heavy (non-hydrogen) atoms. The summed E-state index contributed by atoms with van der Waals surface area (Å²) >= 11 is 0. The highest BCUT2D eigenvalue weighted by Crippen LogP contribution is 2.30. The number of nitrogens with one attached hydrogen (secondary N) is 1. The number of rotatable bonds is 7. The minimum atomic E-state index is -0.175. The summed E-state index contributed by atoms with van der Waals surface area (Å²) in [4.78, 5) is 22.6. The largest absolute Gasteiger partial charge is 0.490 e. The number of para-hydroxylation sites is 1. The molecule has 2 rings (SSSR count). The molecule has 5 nitrogen and oxygen atoms in total. The zero-order valence-electron chi connectivity index (χ0n) is 10.8. The van der Waals surface area contributed by atoms with Crippen molar-refractivity contribution >= 4 is 12.2 Å². The van der Waals surface area contributed by atoms with Crippen LogP contribution in [0.25, 0.3) is 0 Å². The standard InChI is InChI=1S/C14H17NO4/c1-2-18-12-5-3-4-10(8-16)14(12)19-9-13(17)15-11-6-7-11/h3-5,8,11H,2,6-7,9H2,1H3,(H,15,17). The molecule has 0 radical (unpaired) electrons. The lowest BCUT2D eigenvalue weighted by atomic mass is 10.2. The molecule has 0 unspecified atom stereocenters. The summed E-state index contributed by atoms with van der Waals surface area (Å²) in [6, 6.07) is 5.35. The lowest BCUT2D eigenvalue weighted by Gasteiger charge is -2.13. The van der Waals surface area contributed by atoms with Crippen molar-refractivity contribution in [2.45, 2.75) is 25.8 Å². The summed E-state index contributed by atoms with van der Waals surface area (Å²) in [6.45, 7) is 2.20. The number of hydrogen-bond donors (Lipinski definition) is 1. The van der Waals surface area contributed by atoms with Gasteiger partial charge in [0.25, 0.3) is 5.91 Å². The van der Waals surface area contributed by atoms with Crippen LogP contribution >= 0.6 is 0 Å². The van der Waals surface area contributed by atoms with Crippen LogP contribution < -0.4 is 14.8 Å². The third kappa shape index (κ3) is 3.71. The van der Waals surface area contributed by atoms with Gasteiger partial charge in [0, 0.05) is 6.04 Å². The Bertz CT molecular complexity index is 469. The number of carbonyl (C=O) groups is 2. The van der Waals surface area contributed by atoms with Gasteiger partial charge in [0.2, 0.25) is 0 Å². The molecule has 0 heterocycles. The molecule has 0 aliphatic heterocycles. The molecular weight excluding hydrogens is 246 g/mol. The van der Waals surface area contributed by atoms with Gasteiger partial charge in [-0.3, -0.25) is 9.59 Å². The molecule has 1 aromatic carbocycles. The van der Waals surface area contributed by atoms with E-state index >= 15 is 0 Å². The summed E-state index contributed by atoms with van der Waals surface area (Å²) in [5.74, 6) is 0.627. The first kappa shape index (κ1) is 13.4. The minimum absolute atomic E-state index is 0.110. The molecular formula is C14H17NO4. The second-order valence-electron chi connectivity index (χ2n) is 4.36. The molecule has 5 heteroatoms. The fourth-order valence-corrected chi connectivity index (χ4v) is 1.68. The van der Waals surface area contributed by atoms with Gasteiger partial charge in [-0.1, -0.05) is 6.07 Å². The first-order valence-corrected chi connectivity index (χ1v) is 6.37. The summed E-state index contributed by atoms with van der Waals surface area (Å²) in [5, 5.41) is 2.82. The maximum absolute atomic E-state index is 11.6. The molecule has 1 aliphatic carbocycles. The Kier molecular flexibility index (Phi) is 4.39. The van der Waals surface area contributed by atoms with Crippen molar-refractivity contribution in [1.29, 1.82) is 0 Å². The first-order chi connectivity index (χ1) is 9.24. The van der Waals surface area contributed by atoms with E-state index in [4.69, 9.17) is 9.47 Å². The van der Waals surface area contributed by atoms with Gasteiger partial charge in [-0.2, -0.15) is 0 Å². The van der Waals surface area contributed by atoms with E-state index in [2.05, 4.69) is 5.32 Å². The fraction of sp³-hybridized carbons (Fsp3) is 0.429. The van der Waals surface area contributed by atoms with E-state index in [1.54, 1.807) is 18.2 Å². The lowest BCUT2D eigenvalue weighted by molar-refractivity contribution is -0.123. The molecule has 1 aromatic rings. The summed E-state index contributed by atoms with van der Waals surface area (Å²) in [5.41, 5.74) is 0.380. The van der Waals surface area contributed by atoms with Gasteiger partial charge >= 0.3 is 0 Å². The molecule has 1 N–H and O–H groups in total. The SMILES string of the molecule is CCOc1cccc(C=O)c1OCC(=O)NC1CC1. The van der Waals surface area contributed by atoms with Crippen molar-refractivity contribution in [3.63, 3.8) is 0 Å². The Morgan fingerprint density at radius 3 is 2.84 bits per heavy atom. The van der Waals surface area contributed by atoms with Crippen LogP contribution in [0.5, 0.6) is 11.5 Å². The molecule has 1 amide bonds. The van der Waals surface area contributed by atoms with Crippen LogP contribution in [0.2, 0.25) is 0 Å². The quantitative estimate of drug-likeness (QED) is 0.758. The fourth-order valence-electron chi connectivity index (χ4n) is 1.68. The highest BCUT2D eigenvalue weighted by molar-refractivity contribution is 5.82. The van der Waals surface area contributed by atoms with Crippen LogP contribution in [0.3, 0.4) is 0 Å². The Labute approximate surface area is 111 Å². The summed E-state index contributed by atoms with van der Waals surface area (Å²) in [7, 11) is 0. The van der Waals surface area contributed by atoms with Crippen molar-refractivity contribution in [2.24, 2.45) is 0 Å². The van der Waals surface area contributed by atoms with E-state index in [0.717, 1.165) is 12.8 Å². The molecule has 0 atom stereocenters. The van der Waals surface area contributed by atoms with E-state index in [0.29, 0.717) is 36.0 Å². The van der Waals surface area contributed by atoms with Crippen molar-refractivity contribution < 1.29 is 19.1 Å². The van der Waals surface area contributed by atoms with Crippen LogP contribution in [0.4, 0.5) is 0 Å². The molecule has 0 aromatic heterocycles. The van der Waals surface area contributed by atoms with Gasteiger partial charge in [-0.15, -0.1) is 0 Å². The minimum Gasteiger partial charge on any atom is -0.490 e. The maximum atomic E-state index is 11.6. The lowest BCUT2D eigenvalue weighted by Crippen LogP contribution is -2.30. The van der Waals surface area contributed by atoms with Gasteiger partial charge < -0.3 is 14.8 Å². The second-order valence-corrected chi connectivity index (χ2v) is 4.36. The smallest absolute Gasteiger partial charge is 0.258 e. The Morgan fingerprint density at radius 1 is 1.42 bits per heavy atom. The molecule has 1 saturated carbocycles. The van der Waals surface area contributed by atoms with Gasteiger partial charge in [0.1, 0.15) is 0 Å². The van der Waals surface area contributed by atoms with Gasteiger partial charge in [-0.05, 0) is 31.9 Å². The number of benzene rings is 1. The van der Waals surface area contributed by atoms with E-state index in [1.165, 1.54) is 0 Å². The van der Waals surface area contributed by atoms with Crippen LogP contribution in [0.15, 0.2) is 18.2 Å². The van der Waals surface area contributed by atoms with E-state index in [1.807, 2.05) is 6.92 Å². The average molecular weight is 263 g/mol. The molecule has 0 bridgehead atoms. The molecule has 0 saturated heterocycles.